The molecule has 2 heterocycles. The predicted molar refractivity (Wildman–Crippen MR) is 115 cm³/mol. The Hall–Kier alpha value is -2.67. The van der Waals surface area contributed by atoms with Crippen molar-refractivity contribution in [2.24, 2.45) is 0 Å². The fourth-order valence-electron chi connectivity index (χ4n) is 3.68. The van der Waals surface area contributed by atoms with Crippen LogP contribution in [0, 0.1) is 6.92 Å². The molecule has 3 rings (SSSR count). The topological polar surface area (TPSA) is 70.5 Å². The molecule has 0 fully saturated rings. The highest BCUT2D eigenvalue weighted by Gasteiger charge is 2.28. The first-order chi connectivity index (χ1) is 14.0. The van der Waals surface area contributed by atoms with Crippen molar-refractivity contribution < 1.29 is 9.59 Å². The lowest BCUT2D eigenvalue weighted by Crippen LogP contribution is -2.44. The smallest absolute Gasteiger partial charge is 0.240 e. The lowest BCUT2D eigenvalue weighted by atomic mass is 10.1. The molecule has 0 saturated heterocycles. The second kappa shape index (κ2) is 9.69. The Labute approximate surface area is 172 Å². The first-order valence-corrected chi connectivity index (χ1v) is 10.5. The minimum Gasteiger partial charge on any atom is -0.354 e. The summed E-state index contributed by atoms with van der Waals surface area (Å²) in [4.78, 5) is 28.8. The highest BCUT2D eigenvalue weighted by Crippen LogP contribution is 2.29. The van der Waals surface area contributed by atoms with Crippen molar-refractivity contribution in [3.05, 3.63) is 35.9 Å². The van der Waals surface area contributed by atoms with Gasteiger partial charge in [-0.05, 0) is 38.5 Å². The molecule has 0 spiro atoms. The van der Waals surface area contributed by atoms with Gasteiger partial charge in [-0.3, -0.25) is 14.5 Å². The SMILES string of the molecule is CCN(CC)CCCNC(=O)CN1C(=O)CCn2nc(-c3ccccc3C)cc21. The number of carbonyl (C=O) groups excluding carboxylic acids is 2. The van der Waals surface area contributed by atoms with Crippen molar-refractivity contribution in [1.29, 1.82) is 0 Å². The fraction of sp³-hybridized carbons (Fsp3) is 0.500. The Morgan fingerprint density at radius 2 is 2.00 bits per heavy atom. The van der Waals surface area contributed by atoms with Gasteiger partial charge in [-0.25, -0.2) is 4.68 Å². The van der Waals surface area contributed by atoms with Gasteiger partial charge in [-0.15, -0.1) is 0 Å². The van der Waals surface area contributed by atoms with E-state index in [1.165, 1.54) is 0 Å². The number of hydrogen-bond donors (Lipinski definition) is 1. The normalized spacial score (nSPS) is 13.7. The Balaban J connectivity index is 1.64. The third-order valence-electron chi connectivity index (χ3n) is 5.46. The number of nitrogens with one attached hydrogen (secondary N) is 1. The van der Waals surface area contributed by atoms with Crippen LogP contribution in [-0.2, 0) is 16.1 Å². The van der Waals surface area contributed by atoms with Crippen molar-refractivity contribution in [2.45, 2.75) is 40.2 Å². The Morgan fingerprint density at radius 1 is 1.24 bits per heavy atom. The van der Waals surface area contributed by atoms with Crippen molar-refractivity contribution in [1.82, 2.24) is 20.0 Å². The first kappa shape index (κ1) is 21.0. The van der Waals surface area contributed by atoms with Gasteiger partial charge < -0.3 is 10.2 Å². The zero-order chi connectivity index (χ0) is 20.8. The second-order valence-electron chi connectivity index (χ2n) is 7.39. The van der Waals surface area contributed by atoms with Crippen LogP contribution in [-0.4, -0.2) is 59.2 Å². The van der Waals surface area contributed by atoms with Gasteiger partial charge in [0, 0.05) is 24.6 Å². The molecule has 2 amide bonds. The van der Waals surface area contributed by atoms with Gasteiger partial charge in [0.15, 0.2) is 0 Å². The molecule has 1 aliphatic rings. The average Bonchev–Trinajstić information content (AvgIpc) is 3.15. The van der Waals surface area contributed by atoms with Gasteiger partial charge in [0.2, 0.25) is 11.8 Å². The van der Waals surface area contributed by atoms with Crippen LogP contribution in [0.3, 0.4) is 0 Å². The summed E-state index contributed by atoms with van der Waals surface area (Å²) in [6.45, 7) is 10.5. The third kappa shape index (κ3) is 5.03. The first-order valence-electron chi connectivity index (χ1n) is 10.5. The number of nitrogens with zero attached hydrogens (tertiary/aromatic N) is 4. The minimum atomic E-state index is -0.134. The van der Waals surface area contributed by atoms with E-state index in [-0.39, 0.29) is 18.4 Å². The van der Waals surface area contributed by atoms with Gasteiger partial charge in [-0.1, -0.05) is 38.1 Å². The Morgan fingerprint density at radius 3 is 2.72 bits per heavy atom. The van der Waals surface area contributed by atoms with Crippen molar-refractivity contribution in [3.63, 3.8) is 0 Å². The quantitative estimate of drug-likeness (QED) is 0.660. The highest BCUT2D eigenvalue weighted by atomic mass is 16.2. The Kier molecular flexibility index (Phi) is 7.04. The van der Waals surface area contributed by atoms with Crippen LogP contribution in [0.15, 0.2) is 30.3 Å². The lowest BCUT2D eigenvalue weighted by Gasteiger charge is -2.27. The van der Waals surface area contributed by atoms with Crippen LogP contribution >= 0.6 is 0 Å². The molecule has 1 N–H and O–H groups in total. The lowest BCUT2D eigenvalue weighted by molar-refractivity contribution is -0.124. The number of aromatic nitrogens is 2. The number of benzene rings is 1. The van der Waals surface area contributed by atoms with Gasteiger partial charge in [0.05, 0.1) is 12.2 Å². The number of amides is 2. The number of rotatable bonds is 9. The molecule has 29 heavy (non-hydrogen) atoms. The van der Waals surface area contributed by atoms with E-state index in [1.807, 2.05) is 41.9 Å². The third-order valence-corrected chi connectivity index (χ3v) is 5.46. The second-order valence-corrected chi connectivity index (χ2v) is 7.39. The molecule has 1 aromatic heterocycles. The molecule has 0 bridgehead atoms. The number of carbonyl (C=O) groups is 2. The molecular formula is C22H31N5O2. The van der Waals surface area contributed by atoms with Crippen LogP contribution in [0.25, 0.3) is 11.3 Å². The standard InChI is InChI=1S/C22H31N5O2/c1-4-25(5-2)13-8-12-23-20(28)16-26-21-15-19(18-10-7-6-9-17(18)3)24-27(21)14-11-22(26)29/h6-7,9-10,15H,4-5,8,11-14,16H2,1-3H3,(H,23,28). The summed E-state index contributed by atoms with van der Waals surface area (Å²) in [6, 6.07) is 9.96. The van der Waals surface area contributed by atoms with Gasteiger partial charge in [-0.2, -0.15) is 5.10 Å². The van der Waals surface area contributed by atoms with Gasteiger partial charge >= 0.3 is 0 Å². The molecule has 156 valence electrons. The molecule has 1 aromatic carbocycles. The van der Waals surface area contributed by atoms with E-state index >= 15 is 0 Å². The molecule has 0 saturated carbocycles. The predicted octanol–water partition coefficient (Wildman–Crippen LogP) is 2.44. The van der Waals surface area contributed by atoms with Gasteiger partial charge in [0.1, 0.15) is 12.4 Å². The summed E-state index contributed by atoms with van der Waals surface area (Å²) in [7, 11) is 0. The average molecular weight is 398 g/mol. The maximum absolute atomic E-state index is 12.5. The van der Waals surface area contributed by atoms with Crippen LogP contribution in [0.5, 0.6) is 0 Å². The number of anilines is 1. The van der Waals surface area contributed by atoms with E-state index in [0.29, 0.717) is 25.3 Å². The van der Waals surface area contributed by atoms with E-state index in [4.69, 9.17) is 0 Å². The van der Waals surface area contributed by atoms with Crippen LogP contribution in [0.2, 0.25) is 0 Å². The number of hydrogen-bond acceptors (Lipinski definition) is 4. The fourth-order valence-corrected chi connectivity index (χ4v) is 3.68. The van der Waals surface area contributed by atoms with E-state index in [1.54, 1.807) is 4.90 Å². The summed E-state index contributed by atoms with van der Waals surface area (Å²) in [5.41, 5.74) is 3.01. The van der Waals surface area contributed by atoms with Crippen LogP contribution in [0.1, 0.15) is 32.3 Å². The highest BCUT2D eigenvalue weighted by molar-refractivity contribution is 5.99. The van der Waals surface area contributed by atoms with Crippen molar-refractivity contribution >= 4 is 17.6 Å². The molecule has 0 aliphatic carbocycles. The van der Waals surface area contributed by atoms with E-state index < -0.39 is 0 Å². The van der Waals surface area contributed by atoms with Crippen molar-refractivity contribution in [2.75, 3.05) is 37.6 Å². The number of aryl methyl sites for hydroxylation is 2. The zero-order valence-electron chi connectivity index (χ0n) is 17.6. The monoisotopic (exact) mass is 397 g/mol. The molecule has 0 atom stereocenters. The molecular weight excluding hydrogens is 366 g/mol. The van der Waals surface area contributed by atoms with E-state index in [2.05, 4.69) is 29.2 Å². The number of fused-ring (bicyclic) bond motifs is 1. The minimum absolute atomic E-state index is 0.0308. The summed E-state index contributed by atoms with van der Waals surface area (Å²) >= 11 is 0. The summed E-state index contributed by atoms with van der Waals surface area (Å²) in [5.74, 6) is 0.523. The maximum Gasteiger partial charge on any atom is 0.240 e. The Bertz CT molecular complexity index is 857. The van der Waals surface area contributed by atoms with Gasteiger partial charge in [0.25, 0.3) is 0 Å². The molecule has 0 radical (unpaired) electrons. The molecule has 2 aromatic rings. The largest absolute Gasteiger partial charge is 0.354 e. The molecule has 0 unspecified atom stereocenters. The molecule has 7 nitrogen and oxygen atoms in total. The van der Waals surface area contributed by atoms with Crippen molar-refractivity contribution in [3.8, 4) is 11.3 Å². The van der Waals surface area contributed by atoms with Crippen LogP contribution < -0.4 is 10.2 Å². The zero-order valence-corrected chi connectivity index (χ0v) is 17.6. The molecule has 7 heteroatoms. The molecule has 1 aliphatic heterocycles. The summed E-state index contributed by atoms with van der Waals surface area (Å²) < 4.78 is 1.83. The van der Waals surface area contributed by atoms with Crippen LogP contribution in [0.4, 0.5) is 5.82 Å². The van der Waals surface area contributed by atoms with E-state index in [9.17, 15) is 9.59 Å². The summed E-state index contributed by atoms with van der Waals surface area (Å²) in [5, 5.41) is 7.62. The maximum atomic E-state index is 12.5. The summed E-state index contributed by atoms with van der Waals surface area (Å²) in [6.07, 6.45) is 1.26. The van der Waals surface area contributed by atoms with E-state index in [0.717, 1.165) is 42.9 Å².